The van der Waals surface area contributed by atoms with Crippen molar-refractivity contribution in [3.05, 3.63) is 54.0 Å². The average Bonchev–Trinajstić information content (AvgIpc) is 3.55. The van der Waals surface area contributed by atoms with Crippen molar-refractivity contribution < 1.29 is 14.1 Å². The van der Waals surface area contributed by atoms with E-state index in [2.05, 4.69) is 32.3 Å². The summed E-state index contributed by atoms with van der Waals surface area (Å²) in [4.78, 5) is 26.5. The van der Waals surface area contributed by atoms with Gasteiger partial charge in [-0.3, -0.25) is 9.69 Å². The smallest absolute Gasteiger partial charge is 0.256 e. The first kappa shape index (κ1) is 22.5. The molecule has 1 atom stereocenters. The van der Waals surface area contributed by atoms with Gasteiger partial charge in [-0.1, -0.05) is 5.16 Å². The summed E-state index contributed by atoms with van der Waals surface area (Å²) < 4.78 is 10.8. The number of carbonyl (C=O) groups is 1. The molecule has 0 radical (unpaired) electrons. The largest absolute Gasteiger partial charge is 0.497 e. The standard InChI is InChI=1S/C25H30N6O3/c1-30-14-11-19(12-15-30)31-13-3-4-21(31)25-28-23(29-34-25)18-7-10-22(26-16-18)27-24(32)17-5-8-20(33-2)9-6-17/h5-10,16,19,21H,3-4,11-15H2,1-2H3,(H,26,27,32). The predicted octanol–water partition coefficient (Wildman–Crippen LogP) is 3.62. The van der Waals surface area contributed by atoms with Crippen molar-refractivity contribution in [1.82, 2.24) is 24.9 Å². The molecule has 4 heterocycles. The molecular formula is C25H30N6O3. The molecule has 1 N–H and O–H groups in total. The zero-order valence-corrected chi connectivity index (χ0v) is 19.6. The molecule has 3 aromatic rings. The quantitative estimate of drug-likeness (QED) is 0.593. The summed E-state index contributed by atoms with van der Waals surface area (Å²) in [7, 11) is 3.78. The summed E-state index contributed by atoms with van der Waals surface area (Å²) in [5.74, 6) is 2.12. The molecule has 0 aliphatic carbocycles. The number of anilines is 1. The van der Waals surface area contributed by atoms with Gasteiger partial charge >= 0.3 is 0 Å². The van der Waals surface area contributed by atoms with Gasteiger partial charge in [0, 0.05) is 23.4 Å². The van der Waals surface area contributed by atoms with Crippen LogP contribution in [0.3, 0.4) is 0 Å². The lowest BCUT2D eigenvalue weighted by atomic mass is 10.0. The van der Waals surface area contributed by atoms with E-state index < -0.39 is 0 Å². The third-order valence-corrected chi connectivity index (χ3v) is 6.79. The number of piperidine rings is 1. The lowest BCUT2D eigenvalue weighted by molar-refractivity contribution is 0.0958. The lowest BCUT2D eigenvalue weighted by Crippen LogP contribution is -2.43. The Balaban J connectivity index is 1.24. The number of pyridine rings is 1. The maximum Gasteiger partial charge on any atom is 0.256 e. The molecule has 1 unspecified atom stereocenters. The Morgan fingerprint density at radius 1 is 1.09 bits per heavy atom. The van der Waals surface area contributed by atoms with Crippen LogP contribution in [0.25, 0.3) is 11.4 Å². The van der Waals surface area contributed by atoms with Gasteiger partial charge in [-0.15, -0.1) is 0 Å². The summed E-state index contributed by atoms with van der Waals surface area (Å²) in [6.45, 7) is 3.35. The number of benzene rings is 1. The number of amides is 1. The van der Waals surface area contributed by atoms with E-state index in [1.807, 2.05) is 6.07 Å². The molecule has 0 spiro atoms. The summed E-state index contributed by atoms with van der Waals surface area (Å²) in [5.41, 5.74) is 1.28. The van der Waals surface area contributed by atoms with Crippen LogP contribution in [-0.2, 0) is 0 Å². The van der Waals surface area contributed by atoms with Crippen LogP contribution in [0.2, 0.25) is 0 Å². The highest BCUT2D eigenvalue weighted by atomic mass is 16.5. The van der Waals surface area contributed by atoms with Gasteiger partial charge in [-0.2, -0.15) is 4.98 Å². The van der Waals surface area contributed by atoms with Crippen LogP contribution in [-0.4, -0.2) is 70.7 Å². The van der Waals surface area contributed by atoms with E-state index in [1.54, 1.807) is 43.6 Å². The molecule has 9 nitrogen and oxygen atoms in total. The van der Waals surface area contributed by atoms with Crippen molar-refractivity contribution in [1.29, 1.82) is 0 Å². The Bertz CT molecular complexity index is 1110. The van der Waals surface area contributed by atoms with Gasteiger partial charge < -0.3 is 19.5 Å². The van der Waals surface area contributed by atoms with E-state index in [0.29, 0.717) is 34.9 Å². The molecule has 9 heteroatoms. The molecule has 2 aliphatic rings. The van der Waals surface area contributed by atoms with Crippen molar-refractivity contribution in [2.75, 3.05) is 39.1 Å². The Morgan fingerprint density at radius 2 is 1.88 bits per heavy atom. The number of hydrogen-bond donors (Lipinski definition) is 1. The van der Waals surface area contributed by atoms with Gasteiger partial charge in [-0.25, -0.2) is 4.98 Å². The topological polar surface area (TPSA) is 96.6 Å². The van der Waals surface area contributed by atoms with Gasteiger partial charge in [0.1, 0.15) is 11.6 Å². The number of ether oxygens (including phenoxy) is 1. The number of likely N-dealkylation sites (tertiary alicyclic amines) is 2. The molecule has 2 aliphatic heterocycles. The van der Waals surface area contributed by atoms with Crippen molar-refractivity contribution in [2.24, 2.45) is 0 Å². The summed E-state index contributed by atoms with van der Waals surface area (Å²) in [5, 5.41) is 7.02. The van der Waals surface area contributed by atoms with E-state index in [4.69, 9.17) is 14.2 Å². The van der Waals surface area contributed by atoms with E-state index in [0.717, 1.165) is 38.0 Å². The Morgan fingerprint density at radius 3 is 2.59 bits per heavy atom. The van der Waals surface area contributed by atoms with Crippen LogP contribution in [0.1, 0.15) is 48.0 Å². The summed E-state index contributed by atoms with van der Waals surface area (Å²) in [6, 6.07) is 11.3. The van der Waals surface area contributed by atoms with Crippen molar-refractivity contribution >= 4 is 11.7 Å². The first-order valence-corrected chi connectivity index (χ1v) is 11.8. The first-order valence-electron chi connectivity index (χ1n) is 11.8. The molecule has 1 amide bonds. The molecule has 2 fully saturated rings. The lowest BCUT2D eigenvalue weighted by Gasteiger charge is -2.37. The number of nitrogens with one attached hydrogen (secondary N) is 1. The van der Waals surface area contributed by atoms with E-state index in [9.17, 15) is 4.79 Å². The Kier molecular flexibility index (Phi) is 6.55. The van der Waals surface area contributed by atoms with Gasteiger partial charge in [0.2, 0.25) is 11.7 Å². The third kappa shape index (κ3) is 4.80. The molecule has 5 rings (SSSR count). The maximum absolute atomic E-state index is 12.5. The fourth-order valence-electron chi connectivity index (χ4n) is 4.84. The molecule has 2 aromatic heterocycles. The van der Waals surface area contributed by atoms with Gasteiger partial charge in [0.25, 0.3) is 5.91 Å². The molecule has 1 aromatic carbocycles. The first-order chi connectivity index (χ1) is 16.6. The highest BCUT2D eigenvalue weighted by molar-refractivity contribution is 6.03. The Hall–Kier alpha value is -3.30. The van der Waals surface area contributed by atoms with Crippen LogP contribution in [0.4, 0.5) is 5.82 Å². The minimum Gasteiger partial charge on any atom is -0.497 e. The number of methoxy groups -OCH3 is 1. The molecule has 2 saturated heterocycles. The number of rotatable bonds is 6. The number of nitrogens with zero attached hydrogens (tertiary/aromatic N) is 5. The maximum atomic E-state index is 12.5. The predicted molar refractivity (Wildman–Crippen MR) is 128 cm³/mol. The van der Waals surface area contributed by atoms with Crippen LogP contribution in [0.5, 0.6) is 5.75 Å². The number of aromatic nitrogens is 3. The van der Waals surface area contributed by atoms with Crippen molar-refractivity contribution in [2.45, 2.75) is 37.8 Å². The van der Waals surface area contributed by atoms with Gasteiger partial charge in [-0.05, 0) is 88.8 Å². The zero-order valence-electron chi connectivity index (χ0n) is 19.6. The van der Waals surface area contributed by atoms with E-state index in [-0.39, 0.29) is 11.9 Å². The highest BCUT2D eigenvalue weighted by Gasteiger charge is 2.36. The minimum absolute atomic E-state index is 0.186. The van der Waals surface area contributed by atoms with Crippen LogP contribution in [0, 0.1) is 0 Å². The van der Waals surface area contributed by atoms with Gasteiger partial charge in [0.15, 0.2) is 0 Å². The fraction of sp³-hybridized carbons (Fsp3) is 0.440. The summed E-state index contributed by atoms with van der Waals surface area (Å²) >= 11 is 0. The monoisotopic (exact) mass is 462 g/mol. The summed E-state index contributed by atoms with van der Waals surface area (Å²) in [6.07, 6.45) is 6.21. The van der Waals surface area contributed by atoms with E-state index >= 15 is 0 Å². The van der Waals surface area contributed by atoms with E-state index in [1.165, 1.54) is 12.8 Å². The molecule has 0 saturated carbocycles. The SMILES string of the molecule is COc1ccc(C(=O)Nc2ccc(-c3noc(C4CCCN4C4CCN(C)CC4)n3)cn2)cc1. The van der Waals surface area contributed by atoms with Crippen LogP contribution < -0.4 is 10.1 Å². The second kappa shape index (κ2) is 9.90. The molecule has 178 valence electrons. The second-order valence-electron chi connectivity index (χ2n) is 9.00. The Labute approximate surface area is 199 Å². The van der Waals surface area contributed by atoms with Gasteiger partial charge in [0.05, 0.1) is 13.2 Å². The normalized spacial score (nSPS) is 19.9. The van der Waals surface area contributed by atoms with Crippen molar-refractivity contribution in [3.63, 3.8) is 0 Å². The third-order valence-electron chi connectivity index (χ3n) is 6.79. The van der Waals surface area contributed by atoms with Crippen LogP contribution >= 0.6 is 0 Å². The highest BCUT2D eigenvalue weighted by Crippen LogP contribution is 2.36. The molecule has 0 bridgehead atoms. The second-order valence-corrected chi connectivity index (χ2v) is 9.00. The van der Waals surface area contributed by atoms with Crippen LogP contribution in [0.15, 0.2) is 47.1 Å². The van der Waals surface area contributed by atoms with Crippen molar-refractivity contribution in [3.8, 4) is 17.1 Å². The minimum atomic E-state index is -0.236. The number of carbonyl (C=O) groups excluding carboxylic acids is 1. The molecular weight excluding hydrogens is 432 g/mol. The number of hydrogen-bond acceptors (Lipinski definition) is 8. The zero-order chi connectivity index (χ0) is 23.5. The average molecular weight is 463 g/mol. The molecule has 34 heavy (non-hydrogen) atoms. The fourth-order valence-corrected chi connectivity index (χ4v) is 4.84.